The molecule has 126 valence electrons. The lowest BCUT2D eigenvalue weighted by Gasteiger charge is -2.26. The van der Waals surface area contributed by atoms with Crippen molar-refractivity contribution in [2.45, 2.75) is 56.9 Å². The average molecular weight is 323 g/mol. The van der Waals surface area contributed by atoms with Crippen LogP contribution < -0.4 is 5.32 Å². The van der Waals surface area contributed by atoms with Crippen molar-refractivity contribution >= 4 is 5.91 Å². The molecule has 0 atom stereocenters. The van der Waals surface area contributed by atoms with E-state index in [1.165, 1.54) is 30.8 Å². The van der Waals surface area contributed by atoms with Crippen molar-refractivity contribution in [1.29, 1.82) is 0 Å². The Bertz CT molecular complexity index is 727. The van der Waals surface area contributed by atoms with Crippen LogP contribution in [-0.4, -0.2) is 22.0 Å². The highest BCUT2D eigenvalue weighted by atomic mass is 16.2. The van der Waals surface area contributed by atoms with Crippen LogP contribution >= 0.6 is 0 Å². The summed E-state index contributed by atoms with van der Waals surface area (Å²) in [5.41, 5.74) is 2.06. The van der Waals surface area contributed by atoms with Gasteiger partial charge in [-0.2, -0.15) is 0 Å². The highest BCUT2D eigenvalue weighted by Crippen LogP contribution is 2.48. The second kappa shape index (κ2) is 6.08. The van der Waals surface area contributed by atoms with E-state index in [4.69, 9.17) is 0 Å². The Morgan fingerprint density at radius 2 is 2.04 bits per heavy atom. The first-order valence-corrected chi connectivity index (χ1v) is 9.06. The number of carbonyl (C=O) groups is 1. The number of aryl methyl sites for hydroxylation is 1. The summed E-state index contributed by atoms with van der Waals surface area (Å²) in [7, 11) is 0. The summed E-state index contributed by atoms with van der Waals surface area (Å²) in [4.78, 5) is 17.3. The van der Waals surface area contributed by atoms with Crippen LogP contribution in [0.15, 0.2) is 36.5 Å². The predicted molar refractivity (Wildman–Crippen MR) is 93.9 cm³/mol. The van der Waals surface area contributed by atoms with E-state index >= 15 is 0 Å². The van der Waals surface area contributed by atoms with Crippen molar-refractivity contribution in [3.8, 4) is 0 Å². The zero-order chi connectivity index (χ0) is 16.6. The van der Waals surface area contributed by atoms with Gasteiger partial charge in [-0.1, -0.05) is 36.8 Å². The highest BCUT2D eigenvalue weighted by Gasteiger charge is 2.50. The number of hydrogen-bond acceptors (Lipinski definition) is 2. The van der Waals surface area contributed by atoms with Crippen molar-refractivity contribution in [2.24, 2.45) is 0 Å². The lowest BCUT2D eigenvalue weighted by atomic mass is 9.85. The number of nitrogens with zero attached hydrogens (tertiary/aromatic N) is 2. The van der Waals surface area contributed by atoms with Crippen molar-refractivity contribution in [3.63, 3.8) is 0 Å². The van der Waals surface area contributed by atoms with Crippen LogP contribution in [0.1, 0.15) is 55.1 Å². The summed E-state index contributed by atoms with van der Waals surface area (Å²) in [5.74, 6) is 2.00. The van der Waals surface area contributed by atoms with E-state index in [9.17, 15) is 4.79 Å². The molecule has 1 N–H and O–H groups in total. The summed E-state index contributed by atoms with van der Waals surface area (Å²) in [6.45, 7) is 3.59. The minimum atomic E-state index is -0.276. The number of carbonyl (C=O) groups excluding carboxylic acids is 1. The SMILES string of the molecule is Cc1cnc(C2CCC2)n1CCNC(=O)C1(c2ccccc2)CC1. The number of amides is 1. The second-order valence-corrected chi connectivity index (χ2v) is 7.24. The number of aromatic nitrogens is 2. The smallest absolute Gasteiger partial charge is 0.230 e. The maximum absolute atomic E-state index is 12.7. The zero-order valence-corrected chi connectivity index (χ0v) is 14.3. The quantitative estimate of drug-likeness (QED) is 0.886. The lowest BCUT2D eigenvalue weighted by Crippen LogP contribution is -2.37. The molecule has 2 fully saturated rings. The van der Waals surface area contributed by atoms with Gasteiger partial charge in [0.05, 0.1) is 5.41 Å². The first-order valence-electron chi connectivity index (χ1n) is 9.06. The molecule has 2 aliphatic carbocycles. The van der Waals surface area contributed by atoms with E-state index in [2.05, 4.69) is 33.9 Å². The van der Waals surface area contributed by atoms with Crippen molar-refractivity contribution < 1.29 is 4.79 Å². The molecule has 2 saturated carbocycles. The maximum atomic E-state index is 12.7. The van der Waals surface area contributed by atoms with Gasteiger partial charge in [-0.15, -0.1) is 0 Å². The van der Waals surface area contributed by atoms with E-state index in [0.29, 0.717) is 12.5 Å². The minimum absolute atomic E-state index is 0.177. The van der Waals surface area contributed by atoms with Crippen LogP contribution in [0.2, 0.25) is 0 Å². The molecule has 0 saturated heterocycles. The van der Waals surface area contributed by atoms with E-state index < -0.39 is 0 Å². The largest absolute Gasteiger partial charge is 0.354 e. The zero-order valence-electron chi connectivity index (χ0n) is 14.3. The average Bonchev–Trinajstić information content (AvgIpc) is 3.30. The van der Waals surface area contributed by atoms with E-state index in [1.807, 2.05) is 24.4 Å². The number of nitrogens with one attached hydrogen (secondary N) is 1. The van der Waals surface area contributed by atoms with Gasteiger partial charge in [0.15, 0.2) is 0 Å². The Hall–Kier alpha value is -2.10. The standard InChI is InChI=1S/C20H25N3O/c1-15-14-22-18(16-6-5-7-16)23(15)13-12-21-19(24)20(10-11-20)17-8-3-2-4-9-17/h2-4,8-9,14,16H,5-7,10-13H2,1H3,(H,21,24). The van der Waals surface area contributed by atoms with Gasteiger partial charge < -0.3 is 9.88 Å². The Balaban J connectivity index is 1.38. The monoisotopic (exact) mass is 323 g/mol. The number of hydrogen-bond donors (Lipinski definition) is 1. The van der Waals surface area contributed by atoms with Gasteiger partial charge in [0, 0.05) is 30.9 Å². The Morgan fingerprint density at radius 1 is 1.29 bits per heavy atom. The Labute approximate surface area is 143 Å². The molecule has 0 bridgehead atoms. The molecule has 1 aromatic heterocycles. The van der Waals surface area contributed by atoms with Crippen LogP contribution in [0.5, 0.6) is 0 Å². The molecule has 2 aliphatic rings. The molecule has 0 aliphatic heterocycles. The van der Waals surface area contributed by atoms with Crippen LogP contribution in [-0.2, 0) is 16.8 Å². The second-order valence-electron chi connectivity index (χ2n) is 7.24. The van der Waals surface area contributed by atoms with Gasteiger partial charge in [0.25, 0.3) is 0 Å². The topological polar surface area (TPSA) is 46.9 Å². The molecule has 2 aromatic rings. The third-order valence-electron chi connectivity index (χ3n) is 5.69. The lowest BCUT2D eigenvalue weighted by molar-refractivity contribution is -0.123. The summed E-state index contributed by atoms with van der Waals surface area (Å²) >= 11 is 0. The summed E-state index contributed by atoms with van der Waals surface area (Å²) in [6.07, 6.45) is 7.69. The predicted octanol–water partition coefficient (Wildman–Crippen LogP) is 3.31. The fraction of sp³-hybridized carbons (Fsp3) is 0.500. The van der Waals surface area contributed by atoms with Crippen molar-refractivity contribution in [1.82, 2.24) is 14.9 Å². The fourth-order valence-corrected chi connectivity index (χ4v) is 3.74. The van der Waals surface area contributed by atoms with Crippen molar-refractivity contribution in [2.75, 3.05) is 6.54 Å². The van der Waals surface area contributed by atoms with Crippen LogP contribution in [0.25, 0.3) is 0 Å². The molecule has 0 unspecified atom stereocenters. The number of imidazole rings is 1. The summed E-state index contributed by atoms with van der Waals surface area (Å²) < 4.78 is 2.28. The van der Waals surface area contributed by atoms with Crippen LogP contribution in [0.4, 0.5) is 0 Å². The first-order chi connectivity index (χ1) is 11.7. The van der Waals surface area contributed by atoms with E-state index in [1.54, 1.807) is 0 Å². The van der Waals surface area contributed by atoms with Gasteiger partial charge in [0.1, 0.15) is 5.82 Å². The molecule has 0 radical (unpaired) electrons. The fourth-order valence-electron chi connectivity index (χ4n) is 3.74. The molecule has 1 heterocycles. The van der Waals surface area contributed by atoms with Crippen molar-refractivity contribution in [3.05, 3.63) is 53.6 Å². The van der Waals surface area contributed by atoms with E-state index in [0.717, 1.165) is 24.9 Å². The molecule has 1 amide bonds. The van der Waals surface area contributed by atoms with Gasteiger partial charge in [-0.3, -0.25) is 4.79 Å². The Kier molecular flexibility index (Phi) is 3.91. The summed E-state index contributed by atoms with van der Waals surface area (Å²) in [5, 5.41) is 3.16. The molecule has 4 heteroatoms. The summed E-state index contributed by atoms with van der Waals surface area (Å²) in [6, 6.07) is 10.2. The van der Waals surface area contributed by atoms with E-state index in [-0.39, 0.29) is 11.3 Å². The highest BCUT2D eigenvalue weighted by molar-refractivity contribution is 5.91. The van der Waals surface area contributed by atoms with Gasteiger partial charge in [-0.05, 0) is 38.2 Å². The number of rotatable bonds is 6. The number of benzene rings is 1. The van der Waals surface area contributed by atoms with Gasteiger partial charge in [-0.25, -0.2) is 4.98 Å². The molecule has 24 heavy (non-hydrogen) atoms. The molecule has 4 nitrogen and oxygen atoms in total. The minimum Gasteiger partial charge on any atom is -0.354 e. The molecule has 0 spiro atoms. The molecule has 1 aromatic carbocycles. The normalized spacial score (nSPS) is 18.9. The third kappa shape index (κ3) is 2.64. The van der Waals surface area contributed by atoms with Crippen LogP contribution in [0, 0.1) is 6.92 Å². The first kappa shape index (κ1) is 15.4. The Morgan fingerprint density at radius 3 is 2.67 bits per heavy atom. The molecule has 4 rings (SSSR count). The maximum Gasteiger partial charge on any atom is 0.230 e. The van der Waals surface area contributed by atoms with Crippen LogP contribution in [0.3, 0.4) is 0 Å². The third-order valence-corrected chi connectivity index (χ3v) is 5.69. The molecular formula is C20H25N3O. The van der Waals surface area contributed by atoms with Gasteiger partial charge >= 0.3 is 0 Å². The van der Waals surface area contributed by atoms with Gasteiger partial charge in [0.2, 0.25) is 5.91 Å². The molecular weight excluding hydrogens is 298 g/mol.